The van der Waals surface area contributed by atoms with Crippen LogP contribution in [0, 0.1) is 24.0 Å². The topological polar surface area (TPSA) is 119 Å². The van der Waals surface area contributed by atoms with Crippen molar-refractivity contribution in [2.24, 2.45) is 0 Å². The number of carbonyl (C=O) groups is 1. The van der Waals surface area contributed by atoms with Gasteiger partial charge in [-0.15, -0.1) is 0 Å². The van der Waals surface area contributed by atoms with E-state index in [2.05, 4.69) is 5.32 Å². The number of anilines is 2. The monoisotopic (exact) mass is 435 g/mol. The summed E-state index contributed by atoms with van der Waals surface area (Å²) in [6.07, 6.45) is 1.30. The maximum absolute atomic E-state index is 12.3. The summed E-state index contributed by atoms with van der Waals surface area (Å²) < 4.78 is 30.9. The number of rotatable bonds is 9. The van der Waals surface area contributed by atoms with Crippen molar-refractivity contribution in [1.82, 2.24) is 0 Å². The molecule has 0 heterocycles. The Labute approximate surface area is 175 Å². The van der Waals surface area contributed by atoms with E-state index in [-0.39, 0.29) is 42.4 Å². The molecule has 2 aromatic rings. The van der Waals surface area contributed by atoms with Crippen molar-refractivity contribution >= 4 is 33.0 Å². The van der Waals surface area contributed by atoms with Crippen LogP contribution in [0.25, 0.3) is 0 Å². The van der Waals surface area contributed by atoms with Crippen LogP contribution in [0.5, 0.6) is 5.75 Å². The number of hydrogen-bond donors (Lipinski definition) is 1. The van der Waals surface area contributed by atoms with Gasteiger partial charge in [-0.05, 0) is 43.5 Å². The molecule has 0 spiro atoms. The Morgan fingerprint density at radius 2 is 1.90 bits per heavy atom. The van der Waals surface area contributed by atoms with E-state index in [0.717, 1.165) is 27.8 Å². The number of amides is 1. The van der Waals surface area contributed by atoms with E-state index in [9.17, 15) is 23.3 Å². The summed E-state index contributed by atoms with van der Waals surface area (Å²) in [5, 5.41) is 13.9. The predicted molar refractivity (Wildman–Crippen MR) is 116 cm³/mol. The molecule has 30 heavy (non-hydrogen) atoms. The van der Waals surface area contributed by atoms with Crippen LogP contribution in [0.15, 0.2) is 36.4 Å². The molecule has 2 rings (SSSR count). The number of nitro groups is 1. The van der Waals surface area contributed by atoms with Gasteiger partial charge in [0.2, 0.25) is 15.9 Å². The quantitative estimate of drug-likeness (QED) is 0.476. The van der Waals surface area contributed by atoms with Gasteiger partial charge in [0.15, 0.2) is 0 Å². The Bertz CT molecular complexity index is 1050. The normalized spacial score (nSPS) is 11.1. The van der Waals surface area contributed by atoms with Gasteiger partial charge in [-0.3, -0.25) is 19.2 Å². The summed E-state index contributed by atoms with van der Waals surface area (Å²) >= 11 is 0. The van der Waals surface area contributed by atoms with Crippen LogP contribution in [0.2, 0.25) is 0 Å². The first-order chi connectivity index (χ1) is 14.0. The fourth-order valence-electron chi connectivity index (χ4n) is 2.92. The van der Waals surface area contributed by atoms with Crippen molar-refractivity contribution in [2.45, 2.75) is 26.7 Å². The number of non-ortho nitro benzene ring substituents is 1. The van der Waals surface area contributed by atoms with Crippen LogP contribution in [0.4, 0.5) is 17.1 Å². The van der Waals surface area contributed by atoms with Crippen LogP contribution in [-0.2, 0) is 14.8 Å². The molecule has 1 N–H and O–H groups in total. The number of nitrogens with one attached hydrogen (secondary N) is 1. The van der Waals surface area contributed by atoms with Crippen molar-refractivity contribution in [2.75, 3.05) is 29.5 Å². The molecule has 0 radical (unpaired) electrons. The SMILES string of the molecule is COc1ccc([N+](=O)[O-])cc1N(CCCC(=O)Nc1cc(C)ccc1C)S(C)(=O)=O. The molecule has 0 aliphatic carbocycles. The molecule has 0 aromatic heterocycles. The Kier molecular flexibility index (Phi) is 7.38. The maximum Gasteiger partial charge on any atom is 0.271 e. The van der Waals surface area contributed by atoms with Gasteiger partial charge in [0.1, 0.15) is 11.4 Å². The van der Waals surface area contributed by atoms with Crippen LogP contribution < -0.4 is 14.4 Å². The summed E-state index contributed by atoms with van der Waals surface area (Å²) in [4.78, 5) is 22.8. The summed E-state index contributed by atoms with van der Waals surface area (Å²) in [5.74, 6) is -0.0611. The third kappa shape index (κ3) is 5.93. The van der Waals surface area contributed by atoms with Gasteiger partial charge in [-0.1, -0.05) is 12.1 Å². The first kappa shape index (κ1) is 23.1. The maximum atomic E-state index is 12.3. The Morgan fingerprint density at radius 1 is 1.20 bits per heavy atom. The minimum atomic E-state index is -3.76. The van der Waals surface area contributed by atoms with Gasteiger partial charge >= 0.3 is 0 Å². The van der Waals surface area contributed by atoms with E-state index < -0.39 is 14.9 Å². The number of sulfonamides is 1. The average molecular weight is 436 g/mol. The number of aryl methyl sites for hydroxylation is 2. The zero-order chi connectivity index (χ0) is 22.5. The third-order valence-corrected chi connectivity index (χ3v) is 5.65. The number of methoxy groups -OCH3 is 1. The molecule has 10 heteroatoms. The van der Waals surface area contributed by atoms with E-state index in [1.807, 2.05) is 32.0 Å². The summed E-state index contributed by atoms with van der Waals surface area (Å²) in [5.41, 5.74) is 2.45. The molecule has 2 aromatic carbocycles. The van der Waals surface area contributed by atoms with Gasteiger partial charge < -0.3 is 10.1 Å². The lowest BCUT2D eigenvalue weighted by Crippen LogP contribution is -2.32. The molecule has 0 saturated heterocycles. The van der Waals surface area contributed by atoms with E-state index in [1.54, 1.807) is 0 Å². The van der Waals surface area contributed by atoms with Crippen LogP contribution in [0.1, 0.15) is 24.0 Å². The largest absolute Gasteiger partial charge is 0.495 e. The number of hydrogen-bond acceptors (Lipinski definition) is 6. The van der Waals surface area contributed by atoms with Gasteiger partial charge in [0, 0.05) is 30.8 Å². The molecular weight excluding hydrogens is 410 g/mol. The molecule has 0 fully saturated rings. The minimum absolute atomic E-state index is 0.0312. The molecule has 162 valence electrons. The number of nitrogens with zero attached hydrogens (tertiary/aromatic N) is 2. The highest BCUT2D eigenvalue weighted by Crippen LogP contribution is 2.34. The summed E-state index contributed by atoms with van der Waals surface area (Å²) in [6, 6.07) is 9.45. The molecule has 0 aliphatic rings. The van der Waals surface area contributed by atoms with Crippen molar-refractivity contribution in [1.29, 1.82) is 0 Å². The van der Waals surface area contributed by atoms with E-state index in [0.29, 0.717) is 5.69 Å². The highest BCUT2D eigenvalue weighted by Gasteiger charge is 2.24. The average Bonchev–Trinajstić information content (AvgIpc) is 2.66. The highest BCUT2D eigenvalue weighted by atomic mass is 32.2. The molecule has 0 bridgehead atoms. The first-order valence-electron chi connectivity index (χ1n) is 9.20. The smallest absolute Gasteiger partial charge is 0.271 e. The lowest BCUT2D eigenvalue weighted by molar-refractivity contribution is -0.384. The molecule has 9 nitrogen and oxygen atoms in total. The minimum Gasteiger partial charge on any atom is -0.495 e. The molecule has 0 aliphatic heterocycles. The standard InChI is InChI=1S/C20H25N3O6S/c1-14-7-8-15(2)17(12-14)21-20(24)6-5-11-22(30(4,27)28)18-13-16(23(25)26)9-10-19(18)29-3/h7-10,12-13H,5-6,11H2,1-4H3,(H,21,24). The number of nitro benzene ring substituents is 1. The zero-order valence-electron chi connectivity index (χ0n) is 17.3. The molecule has 0 saturated carbocycles. The first-order valence-corrected chi connectivity index (χ1v) is 11.0. The van der Waals surface area contributed by atoms with Crippen molar-refractivity contribution in [3.8, 4) is 5.75 Å². The number of carbonyl (C=O) groups excluding carboxylic acids is 1. The molecule has 0 unspecified atom stereocenters. The van der Waals surface area contributed by atoms with Crippen molar-refractivity contribution < 1.29 is 22.9 Å². The van der Waals surface area contributed by atoms with Gasteiger partial charge in [0.05, 0.1) is 18.3 Å². The van der Waals surface area contributed by atoms with E-state index in [4.69, 9.17) is 4.74 Å². The Balaban J connectivity index is 2.15. The van der Waals surface area contributed by atoms with Gasteiger partial charge in [-0.25, -0.2) is 8.42 Å². The van der Waals surface area contributed by atoms with Crippen LogP contribution in [-0.4, -0.2) is 39.2 Å². The summed E-state index contributed by atoms with van der Waals surface area (Å²) in [7, 11) is -2.41. The van der Waals surface area contributed by atoms with Crippen molar-refractivity contribution in [3.63, 3.8) is 0 Å². The molecule has 1 amide bonds. The predicted octanol–water partition coefficient (Wildman–Crippen LogP) is 3.41. The van der Waals surface area contributed by atoms with E-state index >= 15 is 0 Å². The fourth-order valence-corrected chi connectivity index (χ4v) is 3.88. The Morgan fingerprint density at radius 3 is 2.50 bits per heavy atom. The lowest BCUT2D eigenvalue weighted by atomic mass is 10.1. The molecular formula is C20H25N3O6S. The second-order valence-corrected chi connectivity index (χ2v) is 8.83. The summed E-state index contributed by atoms with van der Waals surface area (Å²) in [6.45, 7) is 3.77. The molecule has 0 atom stereocenters. The highest BCUT2D eigenvalue weighted by molar-refractivity contribution is 7.92. The fraction of sp³-hybridized carbons (Fsp3) is 0.350. The Hall–Kier alpha value is -3.14. The van der Waals surface area contributed by atoms with Gasteiger partial charge in [0.25, 0.3) is 5.69 Å². The number of ether oxygens (including phenoxy) is 1. The second kappa shape index (κ2) is 9.57. The van der Waals surface area contributed by atoms with Crippen molar-refractivity contribution in [3.05, 3.63) is 57.6 Å². The third-order valence-electron chi connectivity index (χ3n) is 4.47. The second-order valence-electron chi connectivity index (χ2n) is 6.92. The van der Waals surface area contributed by atoms with Crippen LogP contribution in [0.3, 0.4) is 0 Å². The zero-order valence-corrected chi connectivity index (χ0v) is 18.2. The van der Waals surface area contributed by atoms with E-state index in [1.165, 1.54) is 19.2 Å². The lowest BCUT2D eigenvalue weighted by Gasteiger charge is -2.24. The van der Waals surface area contributed by atoms with Crippen LogP contribution >= 0.6 is 0 Å². The van der Waals surface area contributed by atoms with Gasteiger partial charge in [-0.2, -0.15) is 0 Å². The number of benzene rings is 2.